The van der Waals surface area contributed by atoms with Gasteiger partial charge >= 0.3 is 5.97 Å². The lowest BCUT2D eigenvalue weighted by molar-refractivity contribution is -0.144. The van der Waals surface area contributed by atoms with Gasteiger partial charge in [-0.15, -0.1) is 0 Å². The van der Waals surface area contributed by atoms with Gasteiger partial charge in [-0.05, 0) is 50.7 Å². The molecule has 1 aromatic carbocycles. The van der Waals surface area contributed by atoms with Crippen molar-refractivity contribution in [3.63, 3.8) is 0 Å². The second-order valence-electron chi connectivity index (χ2n) is 6.94. The Hall–Kier alpha value is -1.90. The van der Waals surface area contributed by atoms with Gasteiger partial charge in [-0.25, -0.2) is 0 Å². The van der Waals surface area contributed by atoms with Crippen molar-refractivity contribution in [2.24, 2.45) is 0 Å². The zero-order valence-corrected chi connectivity index (χ0v) is 18.8. The summed E-state index contributed by atoms with van der Waals surface area (Å²) in [6.45, 7) is 1.72. The number of rotatable bonds is 11. The zero-order valence-electron chi connectivity index (χ0n) is 17.2. The number of nitrogens with zero attached hydrogens (tertiary/aromatic N) is 2. The number of methoxy groups -OCH3 is 1. The lowest BCUT2D eigenvalue weighted by Crippen LogP contribution is -2.29. The summed E-state index contributed by atoms with van der Waals surface area (Å²) in [6.07, 6.45) is 4.65. The molecule has 2 rings (SSSR count). The number of thioether (sulfide) groups is 1. The van der Waals surface area contributed by atoms with E-state index >= 15 is 0 Å². The third kappa shape index (κ3) is 7.79. The van der Waals surface area contributed by atoms with Crippen LogP contribution < -0.4 is 4.74 Å². The summed E-state index contributed by atoms with van der Waals surface area (Å²) in [5.41, 5.74) is 0.930. The molecule has 0 aliphatic carbocycles. The SMILES string of the molecule is COc1ccc(/C=C2\SC(=S)N(CCCCCC(=O)OCCN(C)C)C2=O)cc1. The van der Waals surface area contributed by atoms with Gasteiger partial charge in [0.25, 0.3) is 5.91 Å². The van der Waals surface area contributed by atoms with Crippen LogP contribution in [-0.4, -0.2) is 66.9 Å². The smallest absolute Gasteiger partial charge is 0.305 e. The number of carbonyl (C=O) groups excluding carboxylic acids is 2. The van der Waals surface area contributed by atoms with Crippen LogP contribution in [0.4, 0.5) is 0 Å². The Morgan fingerprint density at radius 3 is 2.59 bits per heavy atom. The van der Waals surface area contributed by atoms with E-state index in [2.05, 4.69) is 0 Å². The maximum atomic E-state index is 12.6. The first kappa shape index (κ1) is 23.4. The Balaban J connectivity index is 1.73. The Morgan fingerprint density at radius 2 is 1.93 bits per heavy atom. The summed E-state index contributed by atoms with van der Waals surface area (Å²) in [4.78, 5) is 28.5. The minimum atomic E-state index is -0.167. The van der Waals surface area contributed by atoms with Gasteiger partial charge in [0.1, 0.15) is 16.7 Å². The summed E-state index contributed by atoms with van der Waals surface area (Å²) < 4.78 is 10.9. The summed E-state index contributed by atoms with van der Waals surface area (Å²) in [5.74, 6) is 0.551. The van der Waals surface area contributed by atoms with E-state index in [0.717, 1.165) is 37.1 Å². The van der Waals surface area contributed by atoms with Crippen LogP contribution in [0.25, 0.3) is 6.08 Å². The Kier molecular flexibility index (Phi) is 9.63. The largest absolute Gasteiger partial charge is 0.497 e. The average molecular weight is 437 g/mol. The van der Waals surface area contributed by atoms with Gasteiger partial charge < -0.3 is 14.4 Å². The minimum Gasteiger partial charge on any atom is -0.497 e. The van der Waals surface area contributed by atoms with Crippen molar-refractivity contribution < 1.29 is 19.1 Å². The van der Waals surface area contributed by atoms with Crippen LogP contribution >= 0.6 is 24.0 Å². The van der Waals surface area contributed by atoms with Crippen molar-refractivity contribution in [3.05, 3.63) is 34.7 Å². The number of unbranched alkanes of at least 4 members (excludes halogenated alkanes) is 2. The molecule has 8 heteroatoms. The fraction of sp³-hybridized carbons (Fsp3) is 0.476. The normalized spacial score (nSPS) is 15.4. The van der Waals surface area contributed by atoms with E-state index in [1.165, 1.54) is 11.8 Å². The molecule has 29 heavy (non-hydrogen) atoms. The number of carbonyl (C=O) groups is 2. The van der Waals surface area contributed by atoms with Crippen LogP contribution in [0.5, 0.6) is 5.75 Å². The molecule has 1 aromatic rings. The third-order valence-electron chi connectivity index (χ3n) is 4.35. The van der Waals surface area contributed by atoms with Gasteiger partial charge in [0, 0.05) is 19.5 Å². The summed E-state index contributed by atoms with van der Waals surface area (Å²) in [7, 11) is 5.50. The number of amides is 1. The molecule has 1 heterocycles. The molecular weight excluding hydrogens is 408 g/mol. The Bertz CT molecular complexity index is 748. The Morgan fingerprint density at radius 1 is 1.21 bits per heavy atom. The van der Waals surface area contributed by atoms with Crippen molar-refractivity contribution in [1.82, 2.24) is 9.80 Å². The maximum Gasteiger partial charge on any atom is 0.305 e. The fourth-order valence-electron chi connectivity index (χ4n) is 2.67. The molecule has 0 spiro atoms. The molecule has 1 aliphatic rings. The number of ether oxygens (including phenoxy) is 2. The first-order valence-corrected chi connectivity index (χ1v) is 10.8. The van der Waals surface area contributed by atoms with Crippen LogP contribution in [0.15, 0.2) is 29.2 Å². The molecule has 6 nitrogen and oxygen atoms in total. The highest BCUT2D eigenvalue weighted by atomic mass is 32.2. The Labute approximate surface area is 182 Å². The molecule has 0 atom stereocenters. The van der Waals surface area contributed by atoms with Crippen molar-refractivity contribution in [2.75, 3.05) is 40.9 Å². The number of hydrogen-bond acceptors (Lipinski definition) is 7. The summed E-state index contributed by atoms with van der Waals surface area (Å²) in [6, 6.07) is 7.53. The van der Waals surface area contributed by atoms with Crippen molar-refractivity contribution in [3.8, 4) is 5.75 Å². The molecule has 1 amide bonds. The lowest BCUT2D eigenvalue weighted by Gasteiger charge is -2.14. The predicted octanol–water partition coefficient (Wildman–Crippen LogP) is 3.56. The van der Waals surface area contributed by atoms with Gasteiger partial charge in [0.2, 0.25) is 0 Å². The standard InChI is InChI=1S/C21H28N2O4S2/c1-22(2)13-14-27-19(24)7-5-4-6-12-23-20(25)18(29-21(23)28)15-16-8-10-17(26-3)11-9-16/h8-11,15H,4-7,12-14H2,1-3H3/b18-15-. The van der Waals surface area contributed by atoms with E-state index in [9.17, 15) is 9.59 Å². The van der Waals surface area contributed by atoms with Crippen LogP contribution in [0.3, 0.4) is 0 Å². The molecule has 0 aromatic heterocycles. The van der Waals surface area contributed by atoms with E-state index in [1.54, 1.807) is 12.0 Å². The van der Waals surface area contributed by atoms with Gasteiger partial charge in [0.15, 0.2) is 0 Å². The molecule has 1 aliphatic heterocycles. The first-order valence-electron chi connectivity index (χ1n) is 9.60. The highest BCUT2D eigenvalue weighted by Gasteiger charge is 2.31. The lowest BCUT2D eigenvalue weighted by atomic mass is 10.2. The molecule has 158 valence electrons. The van der Waals surface area contributed by atoms with E-state index in [1.807, 2.05) is 49.3 Å². The molecule has 0 N–H and O–H groups in total. The number of hydrogen-bond donors (Lipinski definition) is 0. The van der Waals surface area contributed by atoms with Crippen LogP contribution in [-0.2, 0) is 14.3 Å². The summed E-state index contributed by atoms with van der Waals surface area (Å²) in [5, 5.41) is 0. The maximum absolute atomic E-state index is 12.6. The highest BCUT2D eigenvalue weighted by molar-refractivity contribution is 8.26. The number of likely N-dealkylation sites (N-methyl/N-ethyl adjacent to an activating group) is 1. The van der Waals surface area contributed by atoms with Crippen molar-refractivity contribution in [2.45, 2.75) is 25.7 Å². The van der Waals surface area contributed by atoms with Gasteiger partial charge in [-0.2, -0.15) is 0 Å². The number of esters is 1. The van der Waals surface area contributed by atoms with E-state index < -0.39 is 0 Å². The van der Waals surface area contributed by atoms with E-state index in [0.29, 0.717) is 28.8 Å². The van der Waals surface area contributed by atoms with Gasteiger partial charge in [-0.1, -0.05) is 42.5 Å². The summed E-state index contributed by atoms with van der Waals surface area (Å²) >= 11 is 6.69. The highest BCUT2D eigenvalue weighted by Crippen LogP contribution is 2.33. The second-order valence-corrected chi connectivity index (χ2v) is 8.62. The molecule has 1 saturated heterocycles. The second kappa shape index (κ2) is 11.9. The van der Waals surface area contributed by atoms with Crippen LogP contribution in [0.2, 0.25) is 0 Å². The number of thiocarbonyl (C=S) groups is 1. The fourth-order valence-corrected chi connectivity index (χ4v) is 3.98. The van der Waals surface area contributed by atoms with Crippen LogP contribution in [0, 0.1) is 0 Å². The van der Waals surface area contributed by atoms with Gasteiger partial charge in [-0.3, -0.25) is 14.5 Å². The van der Waals surface area contributed by atoms with E-state index in [-0.39, 0.29) is 11.9 Å². The molecule has 0 radical (unpaired) electrons. The molecule has 0 unspecified atom stereocenters. The molecular formula is C21H28N2O4S2. The van der Waals surface area contributed by atoms with Crippen LogP contribution in [0.1, 0.15) is 31.2 Å². The minimum absolute atomic E-state index is 0.0566. The van der Waals surface area contributed by atoms with Crippen molar-refractivity contribution in [1.29, 1.82) is 0 Å². The first-order chi connectivity index (χ1) is 13.9. The monoisotopic (exact) mass is 436 g/mol. The van der Waals surface area contributed by atoms with Gasteiger partial charge in [0.05, 0.1) is 12.0 Å². The third-order valence-corrected chi connectivity index (χ3v) is 5.73. The van der Waals surface area contributed by atoms with Crippen molar-refractivity contribution >= 4 is 46.3 Å². The molecule has 1 fully saturated rings. The topological polar surface area (TPSA) is 59.1 Å². The zero-order chi connectivity index (χ0) is 21.2. The van der Waals surface area contributed by atoms with E-state index in [4.69, 9.17) is 21.7 Å². The molecule has 0 saturated carbocycles. The quantitative estimate of drug-likeness (QED) is 0.227. The number of benzene rings is 1. The predicted molar refractivity (Wildman–Crippen MR) is 121 cm³/mol. The molecule has 0 bridgehead atoms. The average Bonchev–Trinajstić information content (AvgIpc) is 2.95.